The predicted molar refractivity (Wildman–Crippen MR) is 78.1 cm³/mol. The van der Waals surface area contributed by atoms with Crippen LogP contribution in [0.3, 0.4) is 0 Å². The number of rotatable bonds is 5. The van der Waals surface area contributed by atoms with Gasteiger partial charge in [-0.15, -0.1) is 0 Å². The number of nitrogens with zero attached hydrogens (tertiary/aromatic N) is 1. The number of thiazole rings is 1. The zero-order valence-corrected chi connectivity index (χ0v) is 12.7. The Morgan fingerprint density at radius 1 is 1.38 bits per heavy atom. The van der Waals surface area contributed by atoms with Gasteiger partial charge in [0.25, 0.3) is 5.91 Å². The minimum Gasteiger partial charge on any atom is -0.486 e. The van der Waals surface area contributed by atoms with Crippen molar-refractivity contribution in [1.82, 2.24) is 4.98 Å². The molecule has 0 bridgehead atoms. The fraction of sp³-hybridized carbons (Fsp3) is 0.286. The van der Waals surface area contributed by atoms with Gasteiger partial charge in [0.15, 0.2) is 15.8 Å². The van der Waals surface area contributed by atoms with E-state index in [0.717, 1.165) is 0 Å². The molecule has 0 radical (unpaired) electrons. The number of hydrogen-bond acceptors (Lipinski definition) is 5. The summed E-state index contributed by atoms with van der Waals surface area (Å²) in [6.07, 6.45) is 1.49. The van der Waals surface area contributed by atoms with Gasteiger partial charge in [-0.25, -0.2) is 9.37 Å². The molecule has 7 heteroatoms. The van der Waals surface area contributed by atoms with Crippen LogP contribution in [0.2, 0.25) is 0 Å². The van der Waals surface area contributed by atoms with Crippen LogP contribution < -0.4 is 10.1 Å². The SMILES string of the molecule is COc1cnc(NC(=O)[C@](C)(OC)c2ccccc2F)s1. The number of anilines is 1. The van der Waals surface area contributed by atoms with E-state index in [1.54, 1.807) is 12.1 Å². The third-order valence-electron chi connectivity index (χ3n) is 3.14. The van der Waals surface area contributed by atoms with Gasteiger partial charge in [0.05, 0.1) is 13.3 Å². The topological polar surface area (TPSA) is 60.5 Å². The smallest absolute Gasteiger partial charge is 0.262 e. The molecule has 1 heterocycles. The van der Waals surface area contributed by atoms with Gasteiger partial charge >= 0.3 is 0 Å². The first kappa shape index (κ1) is 15.4. The van der Waals surface area contributed by atoms with Crippen LogP contribution in [-0.4, -0.2) is 25.1 Å². The number of halogens is 1. The molecule has 0 aliphatic carbocycles. The average molecular weight is 310 g/mol. The largest absolute Gasteiger partial charge is 0.486 e. The van der Waals surface area contributed by atoms with Crippen LogP contribution in [0.5, 0.6) is 5.06 Å². The Morgan fingerprint density at radius 2 is 2.10 bits per heavy atom. The number of benzene rings is 1. The van der Waals surface area contributed by atoms with Crippen LogP contribution in [-0.2, 0) is 15.1 Å². The van der Waals surface area contributed by atoms with E-state index in [1.807, 2.05) is 0 Å². The van der Waals surface area contributed by atoms with Crippen LogP contribution in [0.25, 0.3) is 0 Å². The van der Waals surface area contributed by atoms with E-state index in [4.69, 9.17) is 9.47 Å². The highest BCUT2D eigenvalue weighted by Crippen LogP contribution is 2.31. The monoisotopic (exact) mass is 310 g/mol. The van der Waals surface area contributed by atoms with Crippen LogP contribution in [0, 0.1) is 5.82 Å². The molecule has 0 unspecified atom stereocenters. The Balaban J connectivity index is 2.27. The molecule has 0 spiro atoms. The maximum Gasteiger partial charge on any atom is 0.262 e. The molecule has 0 saturated carbocycles. The van der Waals surface area contributed by atoms with E-state index >= 15 is 0 Å². The highest BCUT2D eigenvalue weighted by atomic mass is 32.1. The molecule has 0 saturated heterocycles. The highest BCUT2D eigenvalue weighted by molar-refractivity contribution is 7.17. The van der Waals surface area contributed by atoms with E-state index in [-0.39, 0.29) is 5.56 Å². The number of ether oxygens (including phenoxy) is 2. The average Bonchev–Trinajstić information content (AvgIpc) is 2.94. The second-order valence-electron chi connectivity index (χ2n) is 4.36. The maximum absolute atomic E-state index is 13.9. The maximum atomic E-state index is 13.9. The minimum absolute atomic E-state index is 0.161. The van der Waals surface area contributed by atoms with Gasteiger partial charge in [0.2, 0.25) is 0 Å². The van der Waals surface area contributed by atoms with Gasteiger partial charge in [-0.2, -0.15) is 0 Å². The number of hydrogen-bond donors (Lipinski definition) is 1. The van der Waals surface area contributed by atoms with Crippen LogP contribution in [0.1, 0.15) is 12.5 Å². The van der Waals surface area contributed by atoms with Crippen molar-refractivity contribution in [3.8, 4) is 5.06 Å². The van der Waals surface area contributed by atoms with E-state index in [9.17, 15) is 9.18 Å². The van der Waals surface area contributed by atoms with Gasteiger partial charge in [0, 0.05) is 12.7 Å². The number of amides is 1. The first-order chi connectivity index (χ1) is 10.0. The lowest BCUT2D eigenvalue weighted by molar-refractivity contribution is -0.137. The summed E-state index contributed by atoms with van der Waals surface area (Å²) in [5.41, 5.74) is -1.29. The number of methoxy groups -OCH3 is 2. The molecular weight excluding hydrogens is 295 g/mol. The van der Waals surface area contributed by atoms with Crippen molar-refractivity contribution in [2.45, 2.75) is 12.5 Å². The van der Waals surface area contributed by atoms with E-state index in [2.05, 4.69) is 10.3 Å². The van der Waals surface area contributed by atoms with Crippen molar-refractivity contribution in [3.63, 3.8) is 0 Å². The van der Waals surface area contributed by atoms with Crippen molar-refractivity contribution < 1.29 is 18.7 Å². The summed E-state index contributed by atoms with van der Waals surface area (Å²) in [5.74, 6) is -1.01. The fourth-order valence-electron chi connectivity index (χ4n) is 1.80. The van der Waals surface area contributed by atoms with Crippen molar-refractivity contribution in [1.29, 1.82) is 0 Å². The van der Waals surface area contributed by atoms with Gasteiger partial charge in [-0.3, -0.25) is 10.1 Å². The van der Waals surface area contributed by atoms with Crippen molar-refractivity contribution in [2.75, 3.05) is 19.5 Å². The van der Waals surface area contributed by atoms with E-state index in [1.165, 1.54) is 50.8 Å². The molecule has 1 amide bonds. The number of carbonyl (C=O) groups excluding carboxylic acids is 1. The Hall–Kier alpha value is -1.99. The highest BCUT2D eigenvalue weighted by Gasteiger charge is 2.38. The molecule has 1 N–H and O–H groups in total. The Morgan fingerprint density at radius 3 is 2.67 bits per heavy atom. The first-order valence-electron chi connectivity index (χ1n) is 6.12. The lowest BCUT2D eigenvalue weighted by Crippen LogP contribution is -2.40. The summed E-state index contributed by atoms with van der Waals surface area (Å²) in [6, 6.07) is 6.00. The lowest BCUT2D eigenvalue weighted by atomic mass is 9.94. The summed E-state index contributed by atoms with van der Waals surface area (Å²) in [5, 5.41) is 3.53. The first-order valence-corrected chi connectivity index (χ1v) is 6.94. The van der Waals surface area contributed by atoms with Gasteiger partial charge in [-0.1, -0.05) is 29.5 Å². The number of aromatic nitrogens is 1. The van der Waals surface area contributed by atoms with Crippen LogP contribution in [0.4, 0.5) is 9.52 Å². The normalized spacial score (nSPS) is 13.5. The standard InChI is InChI=1S/C14H15FN2O3S/c1-14(20-3,9-6-4-5-7-10(9)15)12(18)17-13-16-8-11(19-2)21-13/h4-8H,1-3H3,(H,16,17,18)/t14-/m1/s1. The van der Waals surface area contributed by atoms with Crippen molar-refractivity contribution >= 4 is 22.4 Å². The van der Waals surface area contributed by atoms with Gasteiger partial charge in [0.1, 0.15) is 5.82 Å². The van der Waals surface area contributed by atoms with E-state index in [0.29, 0.717) is 10.2 Å². The lowest BCUT2D eigenvalue weighted by Gasteiger charge is -2.27. The molecule has 2 aromatic rings. The second kappa shape index (κ2) is 6.19. The summed E-state index contributed by atoms with van der Waals surface area (Å²) >= 11 is 1.17. The molecule has 5 nitrogen and oxygen atoms in total. The molecule has 0 aliphatic heterocycles. The quantitative estimate of drug-likeness (QED) is 0.922. The third kappa shape index (κ3) is 3.03. The molecular formula is C14H15FN2O3S. The number of carbonyl (C=O) groups is 1. The van der Waals surface area contributed by atoms with Crippen molar-refractivity contribution in [2.24, 2.45) is 0 Å². The minimum atomic E-state index is -1.45. The Kier molecular flexibility index (Phi) is 4.54. The molecule has 1 aromatic carbocycles. The zero-order chi connectivity index (χ0) is 15.5. The molecule has 21 heavy (non-hydrogen) atoms. The molecule has 112 valence electrons. The predicted octanol–water partition coefficient (Wildman–Crippen LogP) is 2.79. The fourth-order valence-corrected chi connectivity index (χ4v) is 2.43. The summed E-state index contributed by atoms with van der Waals surface area (Å²) in [4.78, 5) is 16.4. The summed E-state index contributed by atoms with van der Waals surface area (Å²) in [6.45, 7) is 1.51. The molecule has 1 aromatic heterocycles. The Bertz CT molecular complexity index is 647. The van der Waals surface area contributed by atoms with Gasteiger partial charge in [-0.05, 0) is 13.0 Å². The van der Waals surface area contributed by atoms with Crippen LogP contribution in [0.15, 0.2) is 30.5 Å². The van der Waals surface area contributed by atoms with Crippen LogP contribution >= 0.6 is 11.3 Å². The second-order valence-corrected chi connectivity index (χ2v) is 5.35. The molecule has 2 rings (SSSR count). The molecule has 0 aliphatic rings. The Labute approximate surface area is 125 Å². The van der Waals surface area contributed by atoms with Crippen molar-refractivity contribution in [3.05, 3.63) is 41.8 Å². The van der Waals surface area contributed by atoms with Gasteiger partial charge < -0.3 is 9.47 Å². The molecule has 1 atom stereocenters. The van der Waals surface area contributed by atoms with E-state index < -0.39 is 17.3 Å². The third-order valence-corrected chi connectivity index (χ3v) is 4.01. The zero-order valence-electron chi connectivity index (χ0n) is 11.8. The molecule has 0 fully saturated rings. The number of nitrogens with one attached hydrogen (secondary N) is 1. The summed E-state index contributed by atoms with van der Waals surface area (Å²) < 4.78 is 24.2. The summed E-state index contributed by atoms with van der Waals surface area (Å²) in [7, 11) is 2.87.